The van der Waals surface area contributed by atoms with Gasteiger partial charge in [-0.1, -0.05) is 19.4 Å². The van der Waals surface area contributed by atoms with Gasteiger partial charge in [-0.15, -0.1) is 0 Å². The van der Waals surface area contributed by atoms with Gasteiger partial charge in [0.25, 0.3) is 0 Å². The highest BCUT2D eigenvalue weighted by Crippen LogP contribution is 2.50. The fourth-order valence-corrected chi connectivity index (χ4v) is 5.68. The van der Waals surface area contributed by atoms with Crippen LogP contribution in [0.5, 0.6) is 5.75 Å². The first-order valence-corrected chi connectivity index (χ1v) is 10.6. The molecule has 7 heteroatoms. The number of hydrogen-bond acceptors (Lipinski definition) is 7. The molecule has 7 nitrogen and oxygen atoms in total. The molecule has 30 heavy (non-hydrogen) atoms. The third kappa shape index (κ3) is 2.98. The summed E-state index contributed by atoms with van der Waals surface area (Å²) in [5.74, 6) is 0.598. The van der Waals surface area contributed by atoms with Crippen molar-refractivity contribution in [1.29, 1.82) is 0 Å². The van der Waals surface area contributed by atoms with Gasteiger partial charge in [-0.05, 0) is 36.8 Å². The van der Waals surface area contributed by atoms with Gasteiger partial charge in [0.2, 0.25) is 0 Å². The number of carbonyl (C=O) groups is 2. The van der Waals surface area contributed by atoms with E-state index in [9.17, 15) is 9.59 Å². The Labute approximate surface area is 177 Å². The van der Waals surface area contributed by atoms with Gasteiger partial charge in [-0.25, -0.2) is 4.79 Å². The van der Waals surface area contributed by atoms with E-state index in [1.807, 2.05) is 18.2 Å². The Morgan fingerprint density at radius 1 is 1.33 bits per heavy atom. The van der Waals surface area contributed by atoms with Gasteiger partial charge in [0.1, 0.15) is 11.3 Å². The average molecular weight is 415 g/mol. The standard InChI is InChI=1S/C23H30N2O5/c1-5-14-12-25-10-9-23(19(25)11-15(14)16(13-28-2)22(27)30-4)21(26)20-17(24-23)7-6-8-18(20)29-3/h6-8,13-15,19,24H,5,9-12H2,1-4H3/b16-13+/t14-,15+,19+,23+/m1/s1. The molecule has 0 aromatic heterocycles. The van der Waals surface area contributed by atoms with Gasteiger partial charge in [-0.2, -0.15) is 0 Å². The van der Waals surface area contributed by atoms with E-state index in [0.29, 0.717) is 29.2 Å². The molecule has 0 aliphatic carbocycles. The van der Waals surface area contributed by atoms with Crippen molar-refractivity contribution in [2.45, 2.75) is 37.8 Å². The van der Waals surface area contributed by atoms with Crippen LogP contribution in [0.15, 0.2) is 30.0 Å². The molecule has 3 aliphatic rings. The summed E-state index contributed by atoms with van der Waals surface area (Å²) >= 11 is 0. The summed E-state index contributed by atoms with van der Waals surface area (Å²) in [5, 5.41) is 3.56. The lowest BCUT2D eigenvalue weighted by atomic mass is 9.72. The predicted octanol–water partition coefficient (Wildman–Crippen LogP) is 2.87. The van der Waals surface area contributed by atoms with Crippen molar-refractivity contribution in [3.63, 3.8) is 0 Å². The summed E-state index contributed by atoms with van der Waals surface area (Å²) in [4.78, 5) is 28.6. The Balaban J connectivity index is 1.70. The first-order valence-electron chi connectivity index (χ1n) is 10.6. The van der Waals surface area contributed by atoms with Gasteiger partial charge >= 0.3 is 5.97 Å². The zero-order chi connectivity index (χ0) is 21.5. The van der Waals surface area contributed by atoms with E-state index in [1.54, 1.807) is 14.2 Å². The van der Waals surface area contributed by atoms with Crippen molar-refractivity contribution in [2.24, 2.45) is 11.8 Å². The van der Waals surface area contributed by atoms with Crippen molar-refractivity contribution in [1.82, 2.24) is 4.90 Å². The quantitative estimate of drug-likeness (QED) is 0.451. The fraction of sp³-hybridized carbons (Fsp3) is 0.565. The molecule has 0 unspecified atom stereocenters. The van der Waals surface area contributed by atoms with Crippen molar-refractivity contribution in [3.05, 3.63) is 35.6 Å². The summed E-state index contributed by atoms with van der Waals surface area (Å²) in [6.07, 6.45) is 3.88. The number of hydrogen-bond donors (Lipinski definition) is 1. The monoisotopic (exact) mass is 414 g/mol. The maximum atomic E-state index is 13.7. The van der Waals surface area contributed by atoms with Gasteiger partial charge in [0.15, 0.2) is 5.78 Å². The Morgan fingerprint density at radius 2 is 2.13 bits per heavy atom. The number of methoxy groups -OCH3 is 3. The number of nitrogens with one attached hydrogen (secondary N) is 1. The number of ketones is 1. The number of Topliss-reactive ketones (excluding diaryl/α,β-unsaturated/α-hetero) is 1. The second-order valence-corrected chi connectivity index (χ2v) is 8.38. The molecule has 162 valence electrons. The lowest BCUT2D eigenvalue weighted by molar-refractivity contribution is -0.137. The molecule has 1 aromatic carbocycles. The third-order valence-corrected chi connectivity index (χ3v) is 7.14. The SMILES string of the molecule is CC[C@@H]1CN2CC[C@]3(Nc4cccc(OC)c4C3=O)[C@@H]2C[C@@H]1/C(=C\OC)C(=O)OC. The van der Waals surface area contributed by atoms with E-state index in [-0.39, 0.29) is 23.7 Å². The van der Waals surface area contributed by atoms with E-state index in [0.717, 1.165) is 31.6 Å². The number of carbonyl (C=O) groups excluding carboxylic acids is 2. The molecule has 1 N–H and O–H groups in total. The molecule has 4 rings (SSSR count). The molecule has 2 saturated heterocycles. The molecule has 1 spiro atoms. The Morgan fingerprint density at radius 3 is 2.80 bits per heavy atom. The summed E-state index contributed by atoms with van der Waals surface area (Å²) < 4.78 is 15.7. The number of esters is 1. The van der Waals surface area contributed by atoms with E-state index >= 15 is 0 Å². The average Bonchev–Trinajstić information content (AvgIpc) is 3.28. The lowest BCUT2D eigenvalue weighted by Gasteiger charge is -2.45. The number of anilines is 1. The zero-order valence-corrected chi connectivity index (χ0v) is 18.1. The predicted molar refractivity (Wildman–Crippen MR) is 113 cm³/mol. The van der Waals surface area contributed by atoms with Crippen molar-refractivity contribution < 1.29 is 23.8 Å². The van der Waals surface area contributed by atoms with Crippen molar-refractivity contribution >= 4 is 17.4 Å². The van der Waals surface area contributed by atoms with Gasteiger partial charge in [0.05, 0.1) is 38.7 Å². The Hall–Kier alpha value is -2.54. The van der Waals surface area contributed by atoms with Gasteiger partial charge in [-0.3, -0.25) is 9.69 Å². The molecule has 1 aromatic rings. The zero-order valence-electron chi connectivity index (χ0n) is 18.1. The number of benzene rings is 1. The van der Waals surface area contributed by atoms with Crippen LogP contribution in [-0.2, 0) is 14.3 Å². The second kappa shape index (κ2) is 7.95. The molecule has 2 fully saturated rings. The topological polar surface area (TPSA) is 77.1 Å². The fourth-order valence-electron chi connectivity index (χ4n) is 5.68. The number of fused-ring (bicyclic) bond motifs is 3. The molecule has 0 saturated carbocycles. The van der Waals surface area contributed by atoms with Crippen LogP contribution in [0.3, 0.4) is 0 Å². The normalized spacial score (nSPS) is 30.6. The van der Waals surface area contributed by atoms with Crippen molar-refractivity contribution in [2.75, 3.05) is 39.7 Å². The summed E-state index contributed by atoms with van der Waals surface area (Å²) in [5.41, 5.74) is 1.32. The minimum absolute atomic E-state index is 0.0141. The molecule has 4 atom stereocenters. The highest BCUT2D eigenvalue weighted by molar-refractivity contribution is 6.16. The van der Waals surface area contributed by atoms with Gasteiger partial charge in [0, 0.05) is 24.8 Å². The van der Waals surface area contributed by atoms with E-state index in [1.165, 1.54) is 13.4 Å². The summed E-state index contributed by atoms with van der Waals surface area (Å²) in [6.45, 7) is 3.84. The number of nitrogens with zero attached hydrogens (tertiary/aromatic N) is 1. The Bertz CT molecular complexity index is 882. The van der Waals surface area contributed by atoms with Crippen LogP contribution in [0.1, 0.15) is 36.5 Å². The van der Waals surface area contributed by atoms with Gasteiger partial charge < -0.3 is 19.5 Å². The molecule has 3 heterocycles. The second-order valence-electron chi connectivity index (χ2n) is 8.38. The maximum Gasteiger partial charge on any atom is 0.337 e. The lowest BCUT2D eigenvalue weighted by Crippen LogP contribution is -2.57. The minimum Gasteiger partial charge on any atom is -0.504 e. The number of rotatable bonds is 5. The van der Waals surface area contributed by atoms with E-state index in [4.69, 9.17) is 14.2 Å². The van der Waals surface area contributed by atoms with Crippen LogP contribution in [0.25, 0.3) is 0 Å². The minimum atomic E-state index is -0.692. The number of ether oxygens (including phenoxy) is 3. The first kappa shape index (κ1) is 20.7. The van der Waals surface area contributed by atoms with Crippen LogP contribution in [0, 0.1) is 11.8 Å². The Kier molecular flexibility index (Phi) is 5.49. The smallest absolute Gasteiger partial charge is 0.337 e. The van der Waals surface area contributed by atoms with E-state index in [2.05, 4.69) is 17.1 Å². The molecular weight excluding hydrogens is 384 g/mol. The summed E-state index contributed by atoms with van der Waals surface area (Å²) in [6, 6.07) is 5.65. The molecule has 0 amide bonds. The highest BCUT2D eigenvalue weighted by Gasteiger charge is 2.59. The maximum absolute atomic E-state index is 13.7. The molecular formula is C23H30N2O5. The van der Waals surface area contributed by atoms with Crippen LogP contribution in [-0.4, -0.2) is 62.7 Å². The molecule has 0 radical (unpaired) electrons. The molecule has 3 aliphatic heterocycles. The summed E-state index contributed by atoms with van der Waals surface area (Å²) in [7, 11) is 4.53. The first-order chi connectivity index (χ1) is 14.5. The third-order valence-electron chi connectivity index (χ3n) is 7.14. The van der Waals surface area contributed by atoms with Crippen LogP contribution >= 0.6 is 0 Å². The van der Waals surface area contributed by atoms with Crippen LogP contribution < -0.4 is 10.1 Å². The van der Waals surface area contributed by atoms with Crippen LogP contribution in [0.2, 0.25) is 0 Å². The highest BCUT2D eigenvalue weighted by atomic mass is 16.5. The van der Waals surface area contributed by atoms with E-state index < -0.39 is 5.54 Å². The van der Waals surface area contributed by atoms with Crippen LogP contribution in [0.4, 0.5) is 5.69 Å². The number of piperidine rings is 1. The molecule has 0 bridgehead atoms. The van der Waals surface area contributed by atoms with Crippen molar-refractivity contribution in [3.8, 4) is 5.75 Å². The largest absolute Gasteiger partial charge is 0.504 e.